The lowest BCUT2D eigenvalue weighted by Gasteiger charge is -2.47. The fourth-order valence-electron chi connectivity index (χ4n) is 3.50. The van der Waals surface area contributed by atoms with Crippen LogP contribution in [0.1, 0.15) is 32.3 Å². The maximum Gasteiger partial charge on any atom is 0.0942 e. The molecule has 0 bridgehead atoms. The first kappa shape index (κ1) is 13.3. The summed E-state index contributed by atoms with van der Waals surface area (Å²) >= 11 is 1.89. The summed E-state index contributed by atoms with van der Waals surface area (Å²) in [6.45, 7) is 4.53. The molecule has 0 aliphatic carbocycles. The van der Waals surface area contributed by atoms with Crippen LogP contribution < -0.4 is 5.32 Å². The Kier molecular flexibility index (Phi) is 3.30. The number of anilines is 1. The first-order valence-electron chi connectivity index (χ1n) is 7.13. The normalized spacial score (nSPS) is 33.3. The Morgan fingerprint density at radius 1 is 1.26 bits per heavy atom. The number of fused-ring (bicyclic) bond motifs is 1. The van der Waals surface area contributed by atoms with Crippen LogP contribution in [-0.2, 0) is 6.42 Å². The van der Waals surface area contributed by atoms with Gasteiger partial charge in [0.1, 0.15) is 0 Å². The summed E-state index contributed by atoms with van der Waals surface area (Å²) in [6.07, 6.45) is 3.00. The number of hydrogen-bond acceptors (Lipinski definition) is 3. The average molecular weight is 277 g/mol. The van der Waals surface area contributed by atoms with E-state index >= 15 is 0 Å². The molecule has 2 N–H and O–H groups in total. The van der Waals surface area contributed by atoms with Crippen molar-refractivity contribution in [2.75, 3.05) is 16.8 Å². The van der Waals surface area contributed by atoms with Gasteiger partial charge in [-0.2, -0.15) is 11.8 Å². The van der Waals surface area contributed by atoms with Crippen molar-refractivity contribution < 1.29 is 5.11 Å². The molecular weight excluding hydrogens is 254 g/mol. The molecule has 0 radical (unpaired) electrons. The van der Waals surface area contributed by atoms with Gasteiger partial charge < -0.3 is 10.4 Å². The minimum absolute atomic E-state index is 0.189. The number of nitrogens with one attached hydrogen (secondary N) is 1. The minimum atomic E-state index is -0.569. The van der Waals surface area contributed by atoms with Crippen LogP contribution in [0, 0.1) is 5.41 Å². The highest BCUT2D eigenvalue weighted by molar-refractivity contribution is 7.99. The molecule has 3 rings (SSSR count). The van der Waals surface area contributed by atoms with E-state index in [1.54, 1.807) is 0 Å². The van der Waals surface area contributed by atoms with E-state index in [1.807, 2.05) is 11.8 Å². The van der Waals surface area contributed by atoms with Crippen molar-refractivity contribution in [2.24, 2.45) is 5.41 Å². The maximum absolute atomic E-state index is 11.1. The van der Waals surface area contributed by atoms with Crippen LogP contribution in [0.15, 0.2) is 24.3 Å². The molecule has 1 aromatic carbocycles. The third-order valence-electron chi connectivity index (χ3n) is 4.33. The molecule has 2 unspecified atom stereocenters. The van der Waals surface area contributed by atoms with Gasteiger partial charge in [-0.3, -0.25) is 0 Å². The SMILES string of the molecule is CC1(C)CSCC(O)(C2CCc3ccccc3N2)C1. The first-order valence-corrected chi connectivity index (χ1v) is 8.29. The second-order valence-corrected chi connectivity index (χ2v) is 7.82. The largest absolute Gasteiger partial charge is 0.387 e. The van der Waals surface area contributed by atoms with E-state index in [9.17, 15) is 5.11 Å². The highest BCUT2D eigenvalue weighted by atomic mass is 32.2. The van der Waals surface area contributed by atoms with Crippen molar-refractivity contribution in [3.05, 3.63) is 29.8 Å². The van der Waals surface area contributed by atoms with E-state index in [0.29, 0.717) is 0 Å². The maximum atomic E-state index is 11.1. The molecular formula is C16H23NOS. The molecule has 19 heavy (non-hydrogen) atoms. The van der Waals surface area contributed by atoms with E-state index < -0.39 is 5.60 Å². The molecule has 1 fully saturated rings. The lowest BCUT2D eigenvalue weighted by Crippen LogP contribution is -2.55. The van der Waals surface area contributed by atoms with Crippen molar-refractivity contribution in [2.45, 2.75) is 44.8 Å². The van der Waals surface area contributed by atoms with E-state index in [-0.39, 0.29) is 11.5 Å². The fourth-order valence-corrected chi connectivity index (χ4v) is 4.91. The summed E-state index contributed by atoms with van der Waals surface area (Å²) in [5.41, 5.74) is 2.25. The van der Waals surface area contributed by atoms with Crippen LogP contribution >= 0.6 is 11.8 Å². The zero-order valence-corrected chi connectivity index (χ0v) is 12.6. The molecule has 0 aromatic heterocycles. The summed E-state index contributed by atoms with van der Waals surface area (Å²) in [5.74, 6) is 2.01. The summed E-state index contributed by atoms with van der Waals surface area (Å²) in [4.78, 5) is 0. The Bertz CT molecular complexity index is 474. The van der Waals surface area contributed by atoms with E-state index in [1.165, 1.54) is 11.3 Å². The van der Waals surface area contributed by atoms with Gasteiger partial charge in [0.2, 0.25) is 0 Å². The fraction of sp³-hybridized carbons (Fsp3) is 0.625. The van der Waals surface area contributed by atoms with Crippen LogP contribution in [0.25, 0.3) is 0 Å². The van der Waals surface area contributed by atoms with Crippen molar-refractivity contribution in [1.29, 1.82) is 0 Å². The van der Waals surface area contributed by atoms with Gasteiger partial charge in [0.15, 0.2) is 0 Å². The summed E-state index contributed by atoms with van der Waals surface area (Å²) < 4.78 is 0. The van der Waals surface area contributed by atoms with Crippen LogP contribution in [0.2, 0.25) is 0 Å². The van der Waals surface area contributed by atoms with E-state index in [2.05, 4.69) is 43.4 Å². The number of thioether (sulfide) groups is 1. The monoisotopic (exact) mass is 277 g/mol. The zero-order chi connectivity index (χ0) is 13.5. The molecule has 3 heteroatoms. The average Bonchev–Trinajstić information content (AvgIpc) is 2.36. The van der Waals surface area contributed by atoms with E-state index in [0.717, 1.165) is 30.8 Å². The molecule has 2 heterocycles. The van der Waals surface area contributed by atoms with Gasteiger partial charge in [0.05, 0.1) is 11.6 Å². The van der Waals surface area contributed by atoms with E-state index in [4.69, 9.17) is 0 Å². The molecule has 2 atom stereocenters. The third-order valence-corrected chi connectivity index (χ3v) is 6.02. The lowest BCUT2D eigenvalue weighted by molar-refractivity contribution is -0.000509. The van der Waals surface area contributed by atoms with Crippen molar-refractivity contribution in [3.63, 3.8) is 0 Å². The van der Waals surface area contributed by atoms with Crippen molar-refractivity contribution in [1.82, 2.24) is 0 Å². The van der Waals surface area contributed by atoms with Crippen LogP contribution in [0.4, 0.5) is 5.69 Å². The number of hydrogen-bond donors (Lipinski definition) is 2. The number of para-hydroxylation sites is 1. The topological polar surface area (TPSA) is 32.3 Å². The van der Waals surface area contributed by atoms with Crippen LogP contribution in [0.3, 0.4) is 0 Å². The Balaban J connectivity index is 1.80. The van der Waals surface area contributed by atoms with Gasteiger partial charge >= 0.3 is 0 Å². The molecule has 1 aromatic rings. The second kappa shape index (κ2) is 4.71. The quantitative estimate of drug-likeness (QED) is 0.826. The lowest BCUT2D eigenvalue weighted by atomic mass is 9.76. The molecule has 104 valence electrons. The first-order chi connectivity index (χ1) is 8.99. The highest BCUT2D eigenvalue weighted by Gasteiger charge is 2.45. The molecule has 0 spiro atoms. The number of aryl methyl sites for hydroxylation is 1. The van der Waals surface area contributed by atoms with Crippen LogP contribution in [0.5, 0.6) is 0 Å². The minimum Gasteiger partial charge on any atom is -0.387 e. The molecule has 2 nitrogen and oxygen atoms in total. The molecule has 0 saturated carbocycles. The molecule has 1 saturated heterocycles. The zero-order valence-electron chi connectivity index (χ0n) is 11.8. The van der Waals surface area contributed by atoms with Crippen molar-refractivity contribution >= 4 is 17.4 Å². The Hall–Kier alpha value is -0.670. The summed E-state index contributed by atoms with van der Waals surface area (Å²) in [5, 5.41) is 14.7. The van der Waals surface area contributed by atoms with Crippen molar-refractivity contribution in [3.8, 4) is 0 Å². The predicted molar refractivity (Wildman–Crippen MR) is 82.8 cm³/mol. The second-order valence-electron chi connectivity index (χ2n) is 6.83. The standard InChI is InChI=1S/C16H23NOS/c1-15(2)9-16(18,11-19-10-15)14-8-7-12-5-3-4-6-13(12)17-14/h3-6,14,17-18H,7-11H2,1-2H3. The number of benzene rings is 1. The smallest absolute Gasteiger partial charge is 0.0942 e. The van der Waals surface area contributed by atoms with Gasteiger partial charge in [0.25, 0.3) is 0 Å². The van der Waals surface area contributed by atoms with Gasteiger partial charge in [-0.25, -0.2) is 0 Å². The van der Waals surface area contributed by atoms with Gasteiger partial charge in [0, 0.05) is 11.4 Å². The summed E-state index contributed by atoms with van der Waals surface area (Å²) in [7, 11) is 0. The molecule has 2 aliphatic rings. The van der Waals surface area contributed by atoms with Gasteiger partial charge in [-0.1, -0.05) is 32.0 Å². The van der Waals surface area contributed by atoms with Crippen LogP contribution in [-0.4, -0.2) is 28.3 Å². The van der Waals surface area contributed by atoms with Gasteiger partial charge in [-0.05, 0) is 42.1 Å². The molecule has 2 aliphatic heterocycles. The third kappa shape index (κ3) is 2.63. The number of rotatable bonds is 1. The molecule has 0 amide bonds. The van der Waals surface area contributed by atoms with Gasteiger partial charge in [-0.15, -0.1) is 0 Å². The Morgan fingerprint density at radius 2 is 2.05 bits per heavy atom. The Morgan fingerprint density at radius 3 is 2.84 bits per heavy atom. The predicted octanol–water partition coefficient (Wildman–Crippen LogP) is 3.31. The Labute approximate surface area is 120 Å². The highest BCUT2D eigenvalue weighted by Crippen LogP contribution is 2.43. The summed E-state index contributed by atoms with van der Waals surface area (Å²) in [6, 6.07) is 8.66. The number of aliphatic hydroxyl groups is 1.